The van der Waals surface area contributed by atoms with Gasteiger partial charge in [0, 0.05) is 39.1 Å². The number of aryl methyl sites for hydroxylation is 1. The molecule has 0 amide bonds. The number of para-hydroxylation sites is 2. The molecule has 0 bridgehead atoms. The van der Waals surface area contributed by atoms with E-state index in [4.69, 9.17) is 21.1 Å². The molecule has 4 rings (SSSR count). The normalized spacial score (nSPS) is 15.4. The fraction of sp³-hybridized carbons (Fsp3) is 0.333. The SMILES string of the molecule is COc1ccccc1N1CCN(CC[C@@H](Oc2cc(C)ccc2Cl)c2ccccc2)CC1. The molecule has 1 saturated heterocycles. The topological polar surface area (TPSA) is 24.9 Å². The first-order valence-corrected chi connectivity index (χ1v) is 11.6. The summed E-state index contributed by atoms with van der Waals surface area (Å²) in [4.78, 5) is 4.93. The molecule has 0 N–H and O–H groups in total. The van der Waals surface area contributed by atoms with Gasteiger partial charge >= 0.3 is 0 Å². The maximum Gasteiger partial charge on any atom is 0.142 e. The molecule has 1 heterocycles. The maximum atomic E-state index is 6.44. The van der Waals surface area contributed by atoms with Crippen LogP contribution in [-0.4, -0.2) is 44.7 Å². The molecule has 168 valence electrons. The van der Waals surface area contributed by atoms with Gasteiger partial charge in [-0.25, -0.2) is 0 Å². The van der Waals surface area contributed by atoms with Crippen LogP contribution >= 0.6 is 11.6 Å². The van der Waals surface area contributed by atoms with E-state index in [9.17, 15) is 0 Å². The Labute approximate surface area is 196 Å². The zero-order valence-corrected chi connectivity index (χ0v) is 19.6. The number of hydrogen-bond acceptors (Lipinski definition) is 4. The van der Waals surface area contributed by atoms with E-state index in [-0.39, 0.29) is 6.10 Å². The summed E-state index contributed by atoms with van der Waals surface area (Å²) in [5.41, 5.74) is 3.50. The smallest absolute Gasteiger partial charge is 0.142 e. The van der Waals surface area contributed by atoms with Gasteiger partial charge in [0.2, 0.25) is 0 Å². The second kappa shape index (κ2) is 10.8. The molecule has 3 aromatic rings. The van der Waals surface area contributed by atoms with Crippen molar-refractivity contribution in [3.05, 3.63) is 88.9 Å². The van der Waals surface area contributed by atoms with Crippen molar-refractivity contribution in [1.82, 2.24) is 4.90 Å². The van der Waals surface area contributed by atoms with E-state index < -0.39 is 0 Å². The van der Waals surface area contributed by atoms with Crippen molar-refractivity contribution in [3.8, 4) is 11.5 Å². The molecule has 1 atom stereocenters. The highest BCUT2D eigenvalue weighted by molar-refractivity contribution is 6.32. The third kappa shape index (κ3) is 5.56. The van der Waals surface area contributed by atoms with Crippen molar-refractivity contribution in [2.75, 3.05) is 44.7 Å². The average molecular weight is 451 g/mol. The van der Waals surface area contributed by atoms with E-state index in [0.29, 0.717) is 5.02 Å². The lowest BCUT2D eigenvalue weighted by molar-refractivity contribution is 0.160. The first-order chi connectivity index (χ1) is 15.6. The quantitative estimate of drug-likeness (QED) is 0.421. The van der Waals surface area contributed by atoms with Gasteiger partial charge in [-0.05, 0) is 42.3 Å². The number of nitrogens with zero attached hydrogens (tertiary/aromatic N) is 2. The van der Waals surface area contributed by atoms with Crippen molar-refractivity contribution in [2.24, 2.45) is 0 Å². The number of methoxy groups -OCH3 is 1. The fourth-order valence-electron chi connectivity index (χ4n) is 4.22. The Hall–Kier alpha value is -2.69. The van der Waals surface area contributed by atoms with Crippen LogP contribution in [0.15, 0.2) is 72.8 Å². The minimum atomic E-state index is -0.0391. The number of piperazine rings is 1. The van der Waals surface area contributed by atoms with Crippen LogP contribution < -0.4 is 14.4 Å². The third-order valence-corrected chi connectivity index (χ3v) is 6.35. The molecule has 0 unspecified atom stereocenters. The van der Waals surface area contributed by atoms with Gasteiger partial charge in [-0.1, -0.05) is 60.1 Å². The summed E-state index contributed by atoms with van der Waals surface area (Å²) >= 11 is 6.42. The molecule has 0 aromatic heterocycles. The van der Waals surface area contributed by atoms with E-state index in [1.165, 1.54) is 11.3 Å². The average Bonchev–Trinajstić information content (AvgIpc) is 2.84. The number of hydrogen-bond donors (Lipinski definition) is 0. The van der Waals surface area contributed by atoms with Crippen LogP contribution in [0.2, 0.25) is 5.02 Å². The van der Waals surface area contributed by atoms with Gasteiger partial charge in [-0.15, -0.1) is 0 Å². The van der Waals surface area contributed by atoms with Gasteiger partial charge in [-0.2, -0.15) is 0 Å². The van der Waals surface area contributed by atoms with Crippen molar-refractivity contribution < 1.29 is 9.47 Å². The number of ether oxygens (including phenoxy) is 2. The zero-order chi connectivity index (χ0) is 22.3. The maximum absolute atomic E-state index is 6.44. The third-order valence-electron chi connectivity index (χ3n) is 6.03. The molecule has 0 spiro atoms. The Balaban J connectivity index is 1.39. The summed E-state index contributed by atoms with van der Waals surface area (Å²) in [6, 6.07) is 24.6. The van der Waals surface area contributed by atoms with Crippen molar-refractivity contribution in [3.63, 3.8) is 0 Å². The van der Waals surface area contributed by atoms with Crippen molar-refractivity contribution in [1.29, 1.82) is 0 Å². The zero-order valence-electron chi connectivity index (χ0n) is 18.8. The van der Waals surface area contributed by atoms with Crippen molar-refractivity contribution in [2.45, 2.75) is 19.4 Å². The first kappa shape index (κ1) is 22.5. The van der Waals surface area contributed by atoms with Gasteiger partial charge in [0.05, 0.1) is 17.8 Å². The Morgan fingerprint density at radius 3 is 2.34 bits per heavy atom. The molecule has 5 heteroatoms. The fourth-order valence-corrected chi connectivity index (χ4v) is 4.38. The molecule has 0 saturated carbocycles. The Morgan fingerprint density at radius 2 is 1.59 bits per heavy atom. The Morgan fingerprint density at radius 1 is 0.875 bits per heavy atom. The Bertz CT molecular complexity index is 1000. The summed E-state index contributed by atoms with van der Waals surface area (Å²) in [7, 11) is 1.74. The monoisotopic (exact) mass is 450 g/mol. The molecule has 0 radical (unpaired) electrons. The second-order valence-electron chi connectivity index (χ2n) is 8.24. The summed E-state index contributed by atoms with van der Waals surface area (Å²) < 4.78 is 12.0. The number of anilines is 1. The lowest BCUT2D eigenvalue weighted by Gasteiger charge is -2.37. The summed E-state index contributed by atoms with van der Waals surface area (Å²) in [5, 5.41) is 0.655. The lowest BCUT2D eigenvalue weighted by atomic mass is 10.1. The molecule has 1 aliphatic rings. The Kier molecular flexibility index (Phi) is 7.56. The molecular formula is C27H31ClN2O2. The van der Waals surface area contributed by atoms with Crippen LogP contribution in [-0.2, 0) is 0 Å². The van der Waals surface area contributed by atoms with Gasteiger partial charge in [0.15, 0.2) is 0 Å². The highest BCUT2D eigenvalue weighted by Crippen LogP contribution is 2.32. The van der Waals surface area contributed by atoms with Gasteiger partial charge in [-0.3, -0.25) is 4.90 Å². The summed E-state index contributed by atoms with van der Waals surface area (Å²) in [6.45, 7) is 7.04. The highest BCUT2D eigenvalue weighted by Gasteiger charge is 2.22. The molecule has 3 aromatic carbocycles. The second-order valence-corrected chi connectivity index (χ2v) is 8.65. The largest absolute Gasteiger partial charge is 0.495 e. The highest BCUT2D eigenvalue weighted by atomic mass is 35.5. The van der Waals surface area contributed by atoms with E-state index >= 15 is 0 Å². The van der Waals surface area contributed by atoms with E-state index in [1.54, 1.807) is 7.11 Å². The van der Waals surface area contributed by atoms with Crippen LogP contribution in [0.25, 0.3) is 0 Å². The van der Waals surface area contributed by atoms with Crippen LogP contribution in [0.5, 0.6) is 11.5 Å². The molecule has 1 aliphatic heterocycles. The van der Waals surface area contributed by atoms with E-state index in [2.05, 4.69) is 53.1 Å². The summed E-state index contributed by atoms with van der Waals surface area (Å²) in [6.07, 6.45) is 0.867. The van der Waals surface area contributed by atoms with Crippen LogP contribution in [0.3, 0.4) is 0 Å². The van der Waals surface area contributed by atoms with Crippen molar-refractivity contribution >= 4 is 17.3 Å². The predicted octanol–water partition coefficient (Wildman–Crippen LogP) is 5.99. The van der Waals surface area contributed by atoms with Gasteiger partial charge < -0.3 is 14.4 Å². The van der Waals surface area contributed by atoms with Crippen LogP contribution in [0.4, 0.5) is 5.69 Å². The molecule has 0 aliphatic carbocycles. The first-order valence-electron chi connectivity index (χ1n) is 11.2. The number of halogens is 1. The predicted molar refractivity (Wildman–Crippen MR) is 132 cm³/mol. The molecule has 1 fully saturated rings. The molecular weight excluding hydrogens is 420 g/mol. The standard InChI is InChI=1S/C27H31ClN2O2/c1-21-12-13-23(28)27(20-21)32-25(22-8-4-3-5-9-22)14-15-29-16-18-30(19-17-29)24-10-6-7-11-26(24)31-2/h3-13,20,25H,14-19H2,1-2H3/t25-/m1/s1. The van der Waals surface area contributed by atoms with E-state index in [1.807, 2.05) is 36.4 Å². The number of rotatable bonds is 8. The molecule has 32 heavy (non-hydrogen) atoms. The lowest BCUT2D eigenvalue weighted by Crippen LogP contribution is -2.47. The van der Waals surface area contributed by atoms with Crippen LogP contribution in [0.1, 0.15) is 23.7 Å². The minimum Gasteiger partial charge on any atom is -0.495 e. The van der Waals surface area contributed by atoms with Gasteiger partial charge in [0.1, 0.15) is 17.6 Å². The number of benzene rings is 3. The van der Waals surface area contributed by atoms with E-state index in [0.717, 1.165) is 56.2 Å². The van der Waals surface area contributed by atoms with Gasteiger partial charge in [0.25, 0.3) is 0 Å². The minimum absolute atomic E-state index is 0.0391. The van der Waals surface area contributed by atoms with Crippen LogP contribution in [0, 0.1) is 6.92 Å². The molecule has 4 nitrogen and oxygen atoms in total. The summed E-state index contributed by atoms with van der Waals surface area (Å²) in [5.74, 6) is 1.69.